The Kier molecular flexibility index (Phi) is 6.78. The van der Waals surface area contributed by atoms with Gasteiger partial charge in [-0.1, -0.05) is 6.92 Å². The first-order valence-corrected chi connectivity index (χ1v) is 10.5. The summed E-state index contributed by atoms with van der Waals surface area (Å²) in [5, 5.41) is 29.6. The van der Waals surface area contributed by atoms with Gasteiger partial charge in [0.15, 0.2) is 11.5 Å². The predicted molar refractivity (Wildman–Crippen MR) is 123 cm³/mol. The number of nitrogens with one attached hydrogen (secondary N) is 2. The molecule has 2 atom stereocenters. The molecule has 174 valence electrons. The molecular weight excluding hydrogens is 427 g/mol. The van der Waals surface area contributed by atoms with E-state index >= 15 is 0 Å². The fourth-order valence-electron chi connectivity index (χ4n) is 2.98. The van der Waals surface area contributed by atoms with Gasteiger partial charge >= 0.3 is 0 Å². The molecule has 3 heterocycles. The van der Waals surface area contributed by atoms with Gasteiger partial charge in [0.2, 0.25) is 0 Å². The largest absolute Gasteiger partial charge is 0.387 e. The van der Waals surface area contributed by atoms with Crippen molar-refractivity contribution in [1.82, 2.24) is 25.1 Å². The van der Waals surface area contributed by atoms with Crippen molar-refractivity contribution in [2.45, 2.75) is 51.9 Å². The van der Waals surface area contributed by atoms with Gasteiger partial charge in [0.25, 0.3) is 5.91 Å². The lowest BCUT2D eigenvalue weighted by Gasteiger charge is -2.23. The highest BCUT2D eigenvalue weighted by molar-refractivity contribution is 5.99. The Morgan fingerprint density at radius 2 is 2.12 bits per heavy atom. The Morgan fingerprint density at radius 3 is 2.76 bits per heavy atom. The quantitative estimate of drug-likeness (QED) is 0.404. The molecule has 0 aromatic carbocycles. The van der Waals surface area contributed by atoms with Crippen molar-refractivity contribution in [2.24, 2.45) is 0 Å². The van der Waals surface area contributed by atoms with E-state index in [1.807, 2.05) is 19.9 Å². The maximum absolute atomic E-state index is 14.1. The number of halogens is 1. The summed E-state index contributed by atoms with van der Waals surface area (Å²) < 4.78 is 15.6. The first-order chi connectivity index (χ1) is 15.5. The Morgan fingerprint density at radius 1 is 1.39 bits per heavy atom. The van der Waals surface area contributed by atoms with Crippen molar-refractivity contribution < 1.29 is 14.3 Å². The van der Waals surface area contributed by atoms with E-state index in [-0.39, 0.29) is 29.5 Å². The fourth-order valence-corrected chi connectivity index (χ4v) is 2.98. The number of nitriles is 1. The fraction of sp³-hybridized carbons (Fsp3) is 0.409. The summed E-state index contributed by atoms with van der Waals surface area (Å²) in [6, 6.07) is 5.27. The number of carbonyl (C=O) groups excluding carboxylic acids is 1. The molecule has 0 aliphatic heterocycles. The first-order valence-electron chi connectivity index (χ1n) is 10.5. The number of fused-ring (bicyclic) bond motifs is 1. The van der Waals surface area contributed by atoms with Gasteiger partial charge in [0.1, 0.15) is 18.1 Å². The molecule has 0 bridgehead atoms. The predicted octanol–water partition coefficient (Wildman–Crippen LogP) is 2.32. The number of carbonyl (C=O) groups is 1. The third-order valence-corrected chi connectivity index (χ3v) is 5.27. The second-order valence-corrected chi connectivity index (χ2v) is 8.38. The number of amides is 1. The molecule has 0 radical (unpaired) electrons. The molecule has 0 saturated heterocycles. The zero-order valence-electron chi connectivity index (χ0n) is 18.9. The van der Waals surface area contributed by atoms with Crippen LogP contribution in [-0.2, 0) is 0 Å². The van der Waals surface area contributed by atoms with Gasteiger partial charge in [-0.15, -0.1) is 0 Å². The van der Waals surface area contributed by atoms with E-state index in [9.17, 15) is 14.3 Å². The van der Waals surface area contributed by atoms with Crippen molar-refractivity contribution in [3.63, 3.8) is 0 Å². The number of hydrogen-bond acceptors (Lipinski definition) is 8. The summed E-state index contributed by atoms with van der Waals surface area (Å²) >= 11 is 0. The van der Waals surface area contributed by atoms with Crippen LogP contribution in [0.2, 0.25) is 0 Å². The van der Waals surface area contributed by atoms with Gasteiger partial charge in [0.05, 0.1) is 35.2 Å². The molecule has 0 aliphatic rings. The first kappa shape index (κ1) is 23.9. The lowest BCUT2D eigenvalue weighted by Crippen LogP contribution is -2.42. The van der Waals surface area contributed by atoms with E-state index < -0.39 is 17.7 Å². The van der Waals surface area contributed by atoms with E-state index in [2.05, 4.69) is 25.7 Å². The van der Waals surface area contributed by atoms with Gasteiger partial charge in [-0.2, -0.15) is 15.0 Å². The molecule has 3 rings (SSSR count). The van der Waals surface area contributed by atoms with Crippen LogP contribution in [0.1, 0.15) is 50.0 Å². The monoisotopic (exact) mass is 454 g/mol. The van der Waals surface area contributed by atoms with E-state index in [1.54, 1.807) is 18.3 Å². The van der Waals surface area contributed by atoms with Crippen molar-refractivity contribution in [1.29, 1.82) is 5.26 Å². The second kappa shape index (κ2) is 9.38. The van der Waals surface area contributed by atoms with Crippen LogP contribution in [0.5, 0.6) is 0 Å². The SMILES string of the molecule is CC[C@H](C)Nc1cc(-n2ncc3cc(C#N)c(N)nc32)ncc1C(=O)NC[C@@H](F)C(C)(C)O. The normalized spacial score (nSPS) is 13.4. The summed E-state index contributed by atoms with van der Waals surface area (Å²) in [6.45, 7) is 6.29. The molecule has 0 fully saturated rings. The van der Waals surface area contributed by atoms with Gasteiger partial charge in [-0.25, -0.2) is 14.4 Å². The molecule has 11 heteroatoms. The number of pyridine rings is 2. The highest BCUT2D eigenvalue weighted by atomic mass is 19.1. The number of anilines is 2. The summed E-state index contributed by atoms with van der Waals surface area (Å²) in [4.78, 5) is 21.4. The van der Waals surface area contributed by atoms with E-state index in [0.29, 0.717) is 22.5 Å². The van der Waals surface area contributed by atoms with Crippen LogP contribution >= 0.6 is 0 Å². The molecule has 3 aromatic rings. The summed E-state index contributed by atoms with van der Waals surface area (Å²) in [5.41, 5.74) is 5.65. The van der Waals surface area contributed by atoms with Crippen LogP contribution in [0, 0.1) is 11.3 Å². The number of aromatic nitrogens is 4. The molecule has 0 spiro atoms. The van der Waals surface area contributed by atoms with E-state index in [0.717, 1.165) is 6.42 Å². The molecule has 0 unspecified atom stereocenters. The average molecular weight is 455 g/mol. The molecule has 0 saturated carbocycles. The maximum atomic E-state index is 14.1. The van der Waals surface area contributed by atoms with Crippen molar-refractivity contribution in [3.05, 3.63) is 35.7 Å². The molecule has 3 aromatic heterocycles. The molecule has 33 heavy (non-hydrogen) atoms. The minimum Gasteiger partial charge on any atom is -0.387 e. The van der Waals surface area contributed by atoms with Crippen molar-refractivity contribution in [3.8, 4) is 11.9 Å². The van der Waals surface area contributed by atoms with Crippen LogP contribution < -0.4 is 16.4 Å². The number of rotatable bonds is 8. The molecule has 10 nitrogen and oxygen atoms in total. The number of nitrogens with zero attached hydrogens (tertiary/aromatic N) is 5. The van der Waals surface area contributed by atoms with Gasteiger partial charge in [-0.05, 0) is 33.3 Å². The van der Waals surface area contributed by atoms with Crippen LogP contribution in [0.15, 0.2) is 24.5 Å². The van der Waals surface area contributed by atoms with E-state index in [4.69, 9.17) is 11.0 Å². The smallest absolute Gasteiger partial charge is 0.255 e. The van der Waals surface area contributed by atoms with Crippen molar-refractivity contribution >= 4 is 28.4 Å². The number of nitrogen functional groups attached to an aromatic ring is 1. The highest BCUT2D eigenvalue weighted by Crippen LogP contribution is 2.24. The summed E-state index contributed by atoms with van der Waals surface area (Å²) in [7, 11) is 0. The Labute approximate surface area is 190 Å². The summed E-state index contributed by atoms with van der Waals surface area (Å²) in [5.74, 6) is -0.0739. The van der Waals surface area contributed by atoms with Crippen LogP contribution in [0.3, 0.4) is 0 Å². The lowest BCUT2D eigenvalue weighted by atomic mass is 10.0. The lowest BCUT2D eigenvalue weighted by molar-refractivity contribution is -0.00177. The zero-order chi connectivity index (χ0) is 24.3. The van der Waals surface area contributed by atoms with Gasteiger partial charge in [-0.3, -0.25) is 4.79 Å². The van der Waals surface area contributed by atoms with E-state index in [1.165, 1.54) is 24.7 Å². The average Bonchev–Trinajstić information content (AvgIpc) is 3.18. The van der Waals surface area contributed by atoms with Crippen LogP contribution in [-0.4, -0.2) is 55.1 Å². The summed E-state index contributed by atoms with van der Waals surface area (Å²) in [6.07, 6.45) is 2.08. The van der Waals surface area contributed by atoms with Crippen LogP contribution in [0.4, 0.5) is 15.9 Å². The zero-order valence-corrected chi connectivity index (χ0v) is 18.9. The number of aliphatic hydroxyl groups is 1. The molecule has 1 amide bonds. The second-order valence-electron chi connectivity index (χ2n) is 8.38. The van der Waals surface area contributed by atoms with Crippen molar-refractivity contribution in [2.75, 3.05) is 17.6 Å². The third-order valence-electron chi connectivity index (χ3n) is 5.27. The molecule has 5 N–H and O–H groups in total. The van der Waals surface area contributed by atoms with Crippen LogP contribution in [0.25, 0.3) is 16.9 Å². The molecular formula is C22H27FN8O2. The highest BCUT2D eigenvalue weighted by Gasteiger charge is 2.27. The minimum absolute atomic E-state index is 0.0402. The Bertz CT molecular complexity index is 1210. The van der Waals surface area contributed by atoms with Gasteiger partial charge in [0, 0.05) is 23.7 Å². The number of hydrogen-bond donors (Lipinski definition) is 4. The topological polar surface area (TPSA) is 155 Å². The van der Waals surface area contributed by atoms with Gasteiger partial charge < -0.3 is 21.5 Å². The third kappa shape index (κ3) is 5.18. The molecule has 0 aliphatic carbocycles. The standard InChI is InChI=1S/C22H27FN8O2/c1-5-12(2)29-16-7-18(26-10-15(16)21(32)27-11-17(23)22(3,4)33)31-20-14(9-28-31)6-13(8-24)19(25)30-20/h6-7,9-10,12,17,33H,5,11H2,1-4H3,(H2,25,30)(H,26,29)(H,27,32)/t12-,17+/m0/s1. The Hall–Kier alpha value is -3.78. The minimum atomic E-state index is -1.63. The maximum Gasteiger partial charge on any atom is 0.255 e. The number of alkyl halides is 1. The number of nitrogens with two attached hydrogens (primary N) is 1. The Balaban J connectivity index is 1.98.